The van der Waals surface area contributed by atoms with Gasteiger partial charge in [-0.15, -0.1) is 6.58 Å². The van der Waals surface area contributed by atoms with Crippen LogP contribution < -0.4 is 10.6 Å². The lowest BCUT2D eigenvalue weighted by Gasteiger charge is -2.32. The van der Waals surface area contributed by atoms with E-state index in [0.717, 1.165) is 11.9 Å². The standard InChI is InChI=1S/C30H46FN7O4S.C2H6/c1-5-13-35-14-15-36(22-37(16-17-39)23-38(21-35)19-24(3)4)20-28(41)34-26(27(40)6-2)9-7-8-12-32-30(42)25-10-11-29(43-31)33-18-25;1-2/h5,10-11,17-18,26H,1,3,6-9,12-16,19-23H2,2,4H3,(H,32,42)(H,34,41);1-2H3. The number of carbonyl (C=O) groups is 4. The van der Waals surface area contributed by atoms with Gasteiger partial charge in [-0.2, -0.15) is 3.89 Å². The number of nitrogens with one attached hydrogen (secondary N) is 2. The molecule has 1 fully saturated rings. The summed E-state index contributed by atoms with van der Waals surface area (Å²) in [4.78, 5) is 61.8. The Morgan fingerprint density at radius 3 is 2.33 bits per heavy atom. The predicted octanol–water partition coefficient (Wildman–Crippen LogP) is 3.50. The van der Waals surface area contributed by atoms with Gasteiger partial charge in [-0.1, -0.05) is 39.0 Å². The minimum atomic E-state index is -0.616. The molecular weight excluding hydrogens is 597 g/mol. The van der Waals surface area contributed by atoms with Gasteiger partial charge in [-0.05, 0) is 38.3 Å². The number of hydrogen-bond donors (Lipinski definition) is 2. The summed E-state index contributed by atoms with van der Waals surface area (Å²) in [7, 11) is 0. The van der Waals surface area contributed by atoms with E-state index in [1.165, 1.54) is 18.3 Å². The number of hydrogen-bond acceptors (Lipinski definition) is 10. The lowest BCUT2D eigenvalue weighted by atomic mass is 10.0. The molecule has 0 aliphatic carbocycles. The molecule has 13 heteroatoms. The van der Waals surface area contributed by atoms with Crippen molar-refractivity contribution in [3.8, 4) is 0 Å². The number of unbranched alkanes of at least 4 members (excludes halogenated alkanes) is 1. The Kier molecular flexibility index (Phi) is 20.8. The van der Waals surface area contributed by atoms with E-state index in [0.29, 0.717) is 84.0 Å². The van der Waals surface area contributed by atoms with Crippen LogP contribution in [0.2, 0.25) is 0 Å². The molecule has 0 radical (unpaired) electrons. The van der Waals surface area contributed by atoms with Crippen molar-refractivity contribution in [3.05, 3.63) is 48.7 Å². The molecular formula is C32H52FN7O4S. The highest BCUT2D eigenvalue weighted by atomic mass is 32.2. The molecule has 2 amide bonds. The van der Waals surface area contributed by atoms with Crippen LogP contribution in [-0.2, 0) is 14.4 Å². The molecule has 0 bridgehead atoms. The van der Waals surface area contributed by atoms with E-state index in [9.17, 15) is 23.1 Å². The zero-order valence-corrected chi connectivity index (χ0v) is 28.2. The van der Waals surface area contributed by atoms with E-state index in [2.05, 4.69) is 38.6 Å². The van der Waals surface area contributed by atoms with Crippen LogP contribution in [0.4, 0.5) is 3.89 Å². The molecule has 1 aromatic rings. The zero-order chi connectivity index (χ0) is 33.6. The second-order valence-corrected chi connectivity index (χ2v) is 11.4. The second kappa shape index (κ2) is 23.4. The van der Waals surface area contributed by atoms with Crippen molar-refractivity contribution >= 4 is 36.0 Å². The maximum Gasteiger partial charge on any atom is 0.252 e. The van der Waals surface area contributed by atoms with Crippen molar-refractivity contribution in [2.24, 2.45) is 0 Å². The Bertz CT molecular complexity index is 1080. The van der Waals surface area contributed by atoms with E-state index in [-0.39, 0.29) is 47.9 Å². The number of aldehydes is 1. The monoisotopic (exact) mass is 649 g/mol. The van der Waals surface area contributed by atoms with Crippen LogP contribution in [0.3, 0.4) is 0 Å². The second-order valence-electron chi connectivity index (χ2n) is 10.8. The highest BCUT2D eigenvalue weighted by molar-refractivity contribution is 7.94. The van der Waals surface area contributed by atoms with E-state index < -0.39 is 6.04 Å². The van der Waals surface area contributed by atoms with Gasteiger partial charge in [0.2, 0.25) is 5.91 Å². The molecule has 1 aliphatic heterocycles. The van der Waals surface area contributed by atoms with Crippen LogP contribution in [0.15, 0.2) is 48.2 Å². The maximum atomic E-state index is 13.2. The van der Waals surface area contributed by atoms with Crippen molar-refractivity contribution in [2.75, 3.05) is 65.8 Å². The van der Waals surface area contributed by atoms with Crippen molar-refractivity contribution in [1.29, 1.82) is 0 Å². The Hall–Kier alpha value is -2.97. The van der Waals surface area contributed by atoms with E-state index >= 15 is 0 Å². The minimum absolute atomic E-state index is 0.0150. The first-order valence-electron chi connectivity index (χ1n) is 15.6. The van der Waals surface area contributed by atoms with Crippen LogP contribution in [-0.4, -0.2) is 120 Å². The average Bonchev–Trinajstić information content (AvgIpc) is 3.09. The van der Waals surface area contributed by atoms with Crippen LogP contribution in [0.1, 0.15) is 63.7 Å². The third-order valence-corrected chi connectivity index (χ3v) is 7.27. The molecule has 252 valence electrons. The first kappa shape index (κ1) is 40.1. The topological polar surface area (TPSA) is 118 Å². The summed E-state index contributed by atoms with van der Waals surface area (Å²) in [6.45, 7) is 20.7. The molecule has 0 aromatic carbocycles. The fourth-order valence-electron chi connectivity index (χ4n) is 4.87. The smallest absolute Gasteiger partial charge is 0.252 e. The van der Waals surface area contributed by atoms with Crippen LogP contribution in [0.5, 0.6) is 0 Å². The summed E-state index contributed by atoms with van der Waals surface area (Å²) < 4.78 is 12.5. The van der Waals surface area contributed by atoms with Gasteiger partial charge in [0.1, 0.15) is 23.5 Å². The van der Waals surface area contributed by atoms with Crippen LogP contribution >= 0.6 is 12.1 Å². The highest BCUT2D eigenvalue weighted by Crippen LogP contribution is 2.15. The van der Waals surface area contributed by atoms with E-state index in [1.54, 1.807) is 6.92 Å². The largest absolute Gasteiger partial charge is 0.352 e. The average molecular weight is 650 g/mol. The summed E-state index contributed by atoms with van der Waals surface area (Å²) in [5.74, 6) is -0.602. The number of nitrogens with zero attached hydrogens (tertiary/aromatic N) is 5. The molecule has 1 aliphatic rings. The molecule has 2 heterocycles. The molecule has 0 spiro atoms. The van der Waals surface area contributed by atoms with Gasteiger partial charge in [0.15, 0.2) is 5.78 Å². The number of aromatic nitrogens is 1. The fraction of sp³-hybridized carbons (Fsp3) is 0.594. The van der Waals surface area contributed by atoms with Crippen molar-refractivity contribution in [3.63, 3.8) is 0 Å². The molecule has 1 aromatic heterocycles. The summed E-state index contributed by atoms with van der Waals surface area (Å²) in [6, 6.07) is 2.33. The van der Waals surface area contributed by atoms with Crippen molar-refractivity contribution in [1.82, 2.24) is 35.2 Å². The Morgan fingerprint density at radius 1 is 1.04 bits per heavy atom. The first-order chi connectivity index (χ1) is 21.7. The molecule has 45 heavy (non-hydrogen) atoms. The third-order valence-electron chi connectivity index (χ3n) is 6.87. The number of Topliss-reactive ketones (excluding diaryl/α,β-unsaturated/α-hetero) is 1. The molecule has 1 unspecified atom stereocenters. The molecule has 2 rings (SSSR count). The first-order valence-corrected chi connectivity index (χ1v) is 16.3. The summed E-state index contributed by atoms with van der Waals surface area (Å²) in [6.07, 6.45) is 6.04. The zero-order valence-electron chi connectivity index (χ0n) is 27.4. The van der Waals surface area contributed by atoms with Gasteiger partial charge in [0.25, 0.3) is 5.91 Å². The molecule has 1 atom stereocenters. The summed E-state index contributed by atoms with van der Waals surface area (Å²) in [5.41, 5.74) is 1.36. The van der Waals surface area contributed by atoms with Gasteiger partial charge in [-0.25, -0.2) is 4.98 Å². The fourth-order valence-corrected chi connectivity index (χ4v) is 5.08. The van der Waals surface area contributed by atoms with Crippen molar-refractivity contribution < 1.29 is 23.1 Å². The van der Waals surface area contributed by atoms with Gasteiger partial charge < -0.3 is 15.4 Å². The van der Waals surface area contributed by atoms with Gasteiger partial charge in [-0.3, -0.25) is 34.0 Å². The Labute approximate surface area is 272 Å². The molecule has 1 saturated heterocycles. The Morgan fingerprint density at radius 2 is 1.73 bits per heavy atom. The molecule has 0 saturated carbocycles. The predicted molar refractivity (Wildman–Crippen MR) is 178 cm³/mol. The highest BCUT2D eigenvalue weighted by Gasteiger charge is 2.24. The number of halogens is 1. The molecule has 2 N–H and O–H groups in total. The normalized spacial score (nSPS) is 15.8. The quantitative estimate of drug-likeness (QED) is 0.139. The number of carbonyl (C=O) groups excluding carboxylic acids is 4. The third kappa shape index (κ3) is 16.2. The number of ketones is 1. The van der Waals surface area contributed by atoms with Gasteiger partial charge >= 0.3 is 0 Å². The Balaban J connectivity index is 0.00000496. The van der Waals surface area contributed by atoms with E-state index in [4.69, 9.17) is 0 Å². The van der Waals surface area contributed by atoms with Gasteiger partial charge in [0.05, 0.1) is 44.7 Å². The minimum Gasteiger partial charge on any atom is -0.352 e. The summed E-state index contributed by atoms with van der Waals surface area (Å²) >= 11 is 0.0150. The maximum absolute atomic E-state index is 13.2. The SMILES string of the molecule is C=CCN1CCN(CC(=O)NC(CCCCNC(=O)c2ccc(SF)nc2)C(=O)CC)CN(CC=O)CN(CC(=C)C)C1.CC. The molecule has 11 nitrogen and oxygen atoms in total. The number of rotatable bonds is 18. The van der Waals surface area contributed by atoms with E-state index in [1.807, 2.05) is 36.6 Å². The van der Waals surface area contributed by atoms with Gasteiger partial charge in [0, 0.05) is 45.3 Å². The number of amides is 2. The van der Waals surface area contributed by atoms with Crippen molar-refractivity contribution in [2.45, 2.75) is 64.4 Å². The lowest BCUT2D eigenvalue weighted by molar-refractivity contribution is -0.129. The van der Waals surface area contributed by atoms with Crippen LogP contribution in [0, 0.1) is 0 Å². The van der Waals surface area contributed by atoms with Crippen LogP contribution in [0.25, 0.3) is 0 Å². The number of pyridine rings is 1. The summed E-state index contributed by atoms with van der Waals surface area (Å²) in [5, 5.41) is 5.91. The lowest BCUT2D eigenvalue weighted by Crippen LogP contribution is -2.49.